The molecule has 3 N–H and O–H groups in total. The Morgan fingerprint density at radius 1 is 1.20 bits per heavy atom. The van der Waals surface area contributed by atoms with Gasteiger partial charge in [-0.1, -0.05) is 18.1 Å². The Morgan fingerprint density at radius 3 is 2.64 bits per heavy atom. The first-order valence-corrected chi connectivity index (χ1v) is 14.6. The third-order valence-corrected chi connectivity index (χ3v) is 8.67. The average molecular weight is 680 g/mol. The number of aromatic nitrogens is 3. The molecular formula is C29H29BrF3N5O6. The van der Waals surface area contributed by atoms with E-state index < -0.39 is 72.6 Å². The SMILES string of the molecule is CO[C@@H]1[C@@H](n2cc(-c3ccc(Br)c(F)c3F)nn2)[C@@H](O)[C@@H](CO)O[C@H]1C(=O)N(c1cc(F)cc(C#N)c1)[C@H]1CCCC[C@@H]1O. The maximum absolute atomic E-state index is 14.7. The van der Waals surface area contributed by atoms with Crippen LogP contribution in [0.2, 0.25) is 0 Å². The Morgan fingerprint density at radius 2 is 1.95 bits per heavy atom. The summed E-state index contributed by atoms with van der Waals surface area (Å²) in [5.41, 5.74) is -0.337. The number of halogens is 4. The first-order valence-electron chi connectivity index (χ1n) is 13.8. The smallest absolute Gasteiger partial charge is 0.259 e. The molecule has 11 nitrogen and oxygen atoms in total. The molecule has 1 saturated heterocycles. The van der Waals surface area contributed by atoms with E-state index in [0.717, 1.165) is 16.8 Å². The second-order valence-corrected chi connectivity index (χ2v) is 11.6. The van der Waals surface area contributed by atoms with Crippen LogP contribution < -0.4 is 4.90 Å². The Balaban J connectivity index is 1.56. The maximum atomic E-state index is 14.7. The Hall–Kier alpha value is -3.39. The third-order valence-electron chi connectivity index (χ3n) is 8.06. The van der Waals surface area contributed by atoms with Crippen LogP contribution in [0.5, 0.6) is 0 Å². The Kier molecular flexibility index (Phi) is 9.68. The zero-order valence-electron chi connectivity index (χ0n) is 23.4. The molecule has 0 bridgehead atoms. The number of ether oxygens (including phenoxy) is 2. The molecular weight excluding hydrogens is 651 g/mol. The molecule has 234 valence electrons. The van der Waals surface area contributed by atoms with Gasteiger partial charge in [-0.2, -0.15) is 5.26 Å². The van der Waals surface area contributed by atoms with E-state index in [0.29, 0.717) is 25.7 Å². The fourth-order valence-electron chi connectivity index (χ4n) is 5.92. The van der Waals surface area contributed by atoms with Crippen molar-refractivity contribution in [3.8, 4) is 17.3 Å². The summed E-state index contributed by atoms with van der Waals surface area (Å²) in [6.07, 6.45) is -3.29. The minimum absolute atomic E-state index is 0.00922. The molecule has 2 aliphatic rings. The van der Waals surface area contributed by atoms with Crippen LogP contribution in [0.15, 0.2) is 41.0 Å². The number of nitriles is 1. The number of aliphatic hydroxyl groups excluding tert-OH is 3. The monoisotopic (exact) mass is 679 g/mol. The van der Waals surface area contributed by atoms with Gasteiger partial charge in [-0.15, -0.1) is 5.10 Å². The number of amides is 1. The number of methoxy groups -OCH3 is 1. The number of hydrogen-bond acceptors (Lipinski definition) is 9. The zero-order valence-corrected chi connectivity index (χ0v) is 24.9. The molecule has 0 unspecified atom stereocenters. The standard InChI is InChI=1S/C29H29BrF3N5O6/c1-43-27-25(37-12-19(35-36-37)17-6-7-18(30)24(33)23(17)32)26(41)22(13-39)44-28(27)29(42)38(20-4-2-3-5-21(20)40)16-9-14(11-34)8-15(31)10-16/h6-10,12,20-22,25-28,39-41H,2-5,13H2,1H3/t20-,21-,22+,25-,26-,27+,28+/m0/s1. The van der Waals surface area contributed by atoms with Gasteiger partial charge < -0.3 is 29.7 Å². The highest BCUT2D eigenvalue weighted by atomic mass is 79.9. The van der Waals surface area contributed by atoms with Gasteiger partial charge in [-0.3, -0.25) is 4.79 Å². The van der Waals surface area contributed by atoms with Crippen LogP contribution in [0, 0.1) is 28.8 Å². The fraction of sp³-hybridized carbons (Fsp3) is 0.448. The van der Waals surface area contributed by atoms with Crippen molar-refractivity contribution in [1.29, 1.82) is 5.26 Å². The second kappa shape index (κ2) is 13.3. The van der Waals surface area contributed by atoms with E-state index in [9.17, 15) is 38.5 Å². The molecule has 1 saturated carbocycles. The van der Waals surface area contributed by atoms with Crippen LogP contribution in [-0.4, -0.2) is 86.5 Å². The molecule has 2 fully saturated rings. The van der Waals surface area contributed by atoms with Crippen molar-refractivity contribution in [2.24, 2.45) is 0 Å². The van der Waals surface area contributed by atoms with E-state index in [2.05, 4.69) is 26.2 Å². The molecule has 5 rings (SSSR count). The van der Waals surface area contributed by atoms with Gasteiger partial charge in [-0.25, -0.2) is 17.9 Å². The number of aliphatic hydroxyl groups is 3. The van der Waals surface area contributed by atoms with Crippen LogP contribution in [-0.2, 0) is 14.3 Å². The van der Waals surface area contributed by atoms with Crippen molar-refractivity contribution >= 4 is 27.5 Å². The van der Waals surface area contributed by atoms with E-state index in [4.69, 9.17) is 9.47 Å². The van der Waals surface area contributed by atoms with Crippen molar-refractivity contribution < 1.29 is 42.8 Å². The number of nitrogens with zero attached hydrogens (tertiary/aromatic N) is 5. The number of carbonyl (C=O) groups excluding carboxylic acids is 1. The number of carbonyl (C=O) groups is 1. The lowest BCUT2D eigenvalue weighted by atomic mass is 9.88. The molecule has 2 aromatic carbocycles. The van der Waals surface area contributed by atoms with Crippen LogP contribution in [0.1, 0.15) is 37.3 Å². The van der Waals surface area contributed by atoms with E-state index in [-0.39, 0.29) is 27.0 Å². The Bertz CT molecular complexity index is 1570. The molecule has 15 heteroatoms. The van der Waals surface area contributed by atoms with E-state index in [1.54, 1.807) is 0 Å². The summed E-state index contributed by atoms with van der Waals surface area (Å²) in [6.45, 7) is -0.726. The largest absolute Gasteiger partial charge is 0.394 e. The van der Waals surface area contributed by atoms with E-state index >= 15 is 0 Å². The number of hydrogen-bond donors (Lipinski definition) is 3. The first-order chi connectivity index (χ1) is 21.1. The molecule has 1 aromatic heterocycles. The highest BCUT2D eigenvalue weighted by Gasteiger charge is 2.52. The van der Waals surface area contributed by atoms with Crippen molar-refractivity contribution in [2.75, 3.05) is 18.6 Å². The van der Waals surface area contributed by atoms with Crippen LogP contribution >= 0.6 is 15.9 Å². The van der Waals surface area contributed by atoms with Gasteiger partial charge >= 0.3 is 0 Å². The minimum Gasteiger partial charge on any atom is -0.394 e. The summed E-state index contributed by atoms with van der Waals surface area (Å²) < 4.78 is 56.2. The lowest BCUT2D eigenvalue weighted by Crippen LogP contribution is -2.63. The summed E-state index contributed by atoms with van der Waals surface area (Å²) in [6, 6.07) is 5.79. The molecule has 0 spiro atoms. The molecule has 2 heterocycles. The minimum atomic E-state index is -1.54. The highest BCUT2D eigenvalue weighted by molar-refractivity contribution is 9.10. The molecule has 3 aromatic rings. The Labute approximate surface area is 258 Å². The summed E-state index contributed by atoms with van der Waals surface area (Å²) in [4.78, 5) is 15.6. The molecule has 0 radical (unpaired) electrons. The van der Waals surface area contributed by atoms with Gasteiger partial charge in [-0.05, 0) is 59.1 Å². The molecule has 1 aliphatic carbocycles. The van der Waals surface area contributed by atoms with Gasteiger partial charge in [0.15, 0.2) is 17.7 Å². The lowest BCUT2D eigenvalue weighted by Gasteiger charge is -2.46. The predicted octanol–water partition coefficient (Wildman–Crippen LogP) is 3.01. The van der Waals surface area contributed by atoms with E-state index in [1.807, 2.05) is 6.07 Å². The van der Waals surface area contributed by atoms with Crippen molar-refractivity contribution in [1.82, 2.24) is 15.0 Å². The van der Waals surface area contributed by atoms with Gasteiger partial charge in [0.05, 0.1) is 41.1 Å². The van der Waals surface area contributed by atoms with Gasteiger partial charge in [0.2, 0.25) is 0 Å². The average Bonchev–Trinajstić information content (AvgIpc) is 3.49. The van der Waals surface area contributed by atoms with Crippen molar-refractivity contribution in [3.63, 3.8) is 0 Å². The summed E-state index contributed by atoms with van der Waals surface area (Å²) in [7, 11) is 1.25. The van der Waals surface area contributed by atoms with E-state index in [1.165, 1.54) is 36.4 Å². The fourth-order valence-corrected chi connectivity index (χ4v) is 6.23. The number of benzene rings is 2. The first kappa shape index (κ1) is 32.0. The summed E-state index contributed by atoms with van der Waals surface area (Å²) in [5, 5.41) is 49.6. The maximum Gasteiger partial charge on any atom is 0.259 e. The summed E-state index contributed by atoms with van der Waals surface area (Å²) >= 11 is 2.92. The second-order valence-electron chi connectivity index (χ2n) is 10.7. The molecule has 44 heavy (non-hydrogen) atoms. The van der Waals surface area contributed by atoms with Crippen LogP contribution in [0.25, 0.3) is 11.3 Å². The number of anilines is 1. The molecule has 1 aliphatic heterocycles. The van der Waals surface area contributed by atoms with Crippen molar-refractivity contribution in [2.45, 2.75) is 68.3 Å². The quantitative estimate of drug-likeness (QED) is 0.320. The molecule has 1 amide bonds. The van der Waals surface area contributed by atoms with Gasteiger partial charge in [0.25, 0.3) is 5.91 Å². The van der Waals surface area contributed by atoms with Gasteiger partial charge in [0, 0.05) is 18.4 Å². The van der Waals surface area contributed by atoms with Gasteiger partial charge in [0.1, 0.15) is 35.9 Å². The molecule has 7 atom stereocenters. The highest BCUT2D eigenvalue weighted by Crippen LogP contribution is 2.37. The van der Waals surface area contributed by atoms with Crippen LogP contribution in [0.3, 0.4) is 0 Å². The predicted molar refractivity (Wildman–Crippen MR) is 152 cm³/mol. The topological polar surface area (TPSA) is 154 Å². The lowest BCUT2D eigenvalue weighted by molar-refractivity contribution is -0.211. The zero-order chi connectivity index (χ0) is 31.7. The third kappa shape index (κ3) is 5.97. The van der Waals surface area contributed by atoms with Crippen molar-refractivity contribution in [3.05, 3.63) is 64.0 Å². The normalized spacial score (nSPS) is 27.1. The summed E-state index contributed by atoms with van der Waals surface area (Å²) in [5.74, 6) is -3.87. The number of rotatable bonds is 7. The van der Waals surface area contributed by atoms with Crippen LogP contribution in [0.4, 0.5) is 18.9 Å².